The number of nitrogens with zero attached hydrogens (tertiary/aromatic N) is 1. The number of nitrogens with one attached hydrogen (secondary N) is 1. The molecule has 0 radical (unpaired) electrons. The zero-order valence-electron chi connectivity index (χ0n) is 16.2. The molecule has 0 saturated heterocycles. The van der Waals surface area contributed by atoms with Crippen molar-refractivity contribution >= 4 is 64.9 Å². The van der Waals surface area contributed by atoms with Crippen LogP contribution >= 0.6 is 27.3 Å². The summed E-state index contributed by atoms with van der Waals surface area (Å²) >= 11 is 4.57. The van der Waals surface area contributed by atoms with Gasteiger partial charge in [0.1, 0.15) is 4.88 Å². The van der Waals surface area contributed by atoms with E-state index in [0.29, 0.717) is 10.6 Å². The van der Waals surface area contributed by atoms with Gasteiger partial charge in [-0.05, 0) is 53.9 Å². The van der Waals surface area contributed by atoms with E-state index < -0.39 is 21.9 Å². The molecule has 0 aliphatic rings. The van der Waals surface area contributed by atoms with E-state index in [1.54, 1.807) is 43.3 Å². The fourth-order valence-corrected chi connectivity index (χ4v) is 5.44. The van der Waals surface area contributed by atoms with Crippen LogP contribution in [0.4, 0.5) is 5.69 Å². The molecule has 0 atom stereocenters. The van der Waals surface area contributed by atoms with Crippen molar-refractivity contribution in [3.8, 4) is 0 Å². The second kappa shape index (κ2) is 9.25. The number of benzene rings is 2. The Morgan fingerprint density at radius 3 is 2.47 bits per heavy atom. The number of carbonyl (C=O) groups excluding carboxylic acids is 2. The van der Waals surface area contributed by atoms with Crippen LogP contribution in [0.2, 0.25) is 0 Å². The summed E-state index contributed by atoms with van der Waals surface area (Å²) in [6.07, 6.45) is 0. The first-order chi connectivity index (χ1) is 14.2. The highest BCUT2D eigenvalue weighted by Crippen LogP contribution is 2.28. The van der Waals surface area contributed by atoms with E-state index in [-0.39, 0.29) is 18.0 Å². The maximum absolute atomic E-state index is 12.8. The first-order valence-electron chi connectivity index (χ1n) is 8.92. The van der Waals surface area contributed by atoms with E-state index in [9.17, 15) is 18.0 Å². The molecule has 10 heteroatoms. The average molecular weight is 511 g/mol. The number of esters is 1. The van der Waals surface area contributed by atoms with Crippen molar-refractivity contribution in [2.75, 3.05) is 25.5 Å². The summed E-state index contributed by atoms with van der Waals surface area (Å²) < 4.78 is 33.1. The Morgan fingerprint density at radius 1 is 1.13 bits per heavy atom. The lowest BCUT2D eigenvalue weighted by Crippen LogP contribution is -2.37. The Morgan fingerprint density at radius 2 is 1.83 bits per heavy atom. The molecule has 1 N–H and O–H groups in total. The Kier molecular flexibility index (Phi) is 6.91. The number of hydrogen-bond acceptors (Lipinski definition) is 6. The molecule has 0 aliphatic carbocycles. The number of halogens is 1. The highest BCUT2D eigenvalue weighted by Gasteiger charge is 2.25. The standard InChI is InChI=1S/C20H19BrN2O5S2/c1-3-23(30(26,27)16-7-4-14(21)5-8-16)12-19(24)22-15-6-9-17-13(10-15)11-18(29-17)20(25)28-2/h4-11H,3,12H2,1-2H3,(H,22,24). The third-order valence-electron chi connectivity index (χ3n) is 4.31. The van der Waals surface area contributed by atoms with Crippen molar-refractivity contribution in [3.63, 3.8) is 0 Å². The van der Waals surface area contributed by atoms with Crippen molar-refractivity contribution in [2.24, 2.45) is 0 Å². The van der Waals surface area contributed by atoms with E-state index in [4.69, 9.17) is 4.74 Å². The minimum Gasteiger partial charge on any atom is -0.465 e. The number of fused-ring (bicyclic) bond motifs is 1. The second-order valence-corrected chi connectivity index (χ2v) is 10.2. The quantitative estimate of drug-likeness (QED) is 0.483. The van der Waals surface area contributed by atoms with E-state index in [0.717, 1.165) is 18.9 Å². The Hall–Kier alpha value is -2.27. The van der Waals surface area contributed by atoms with E-state index in [1.807, 2.05) is 0 Å². The summed E-state index contributed by atoms with van der Waals surface area (Å²) in [7, 11) is -2.48. The molecule has 0 saturated carbocycles. The average Bonchev–Trinajstić information content (AvgIpc) is 3.15. The number of anilines is 1. The van der Waals surface area contributed by atoms with E-state index in [1.165, 1.54) is 30.6 Å². The maximum Gasteiger partial charge on any atom is 0.348 e. The van der Waals surface area contributed by atoms with Gasteiger partial charge in [0.2, 0.25) is 15.9 Å². The summed E-state index contributed by atoms with van der Waals surface area (Å²) in [6.45, 7) is 1.51. The first-order valence-corrected chi connectivity index (χ1v) is 12.0. The molecular weight excluding hydrogens is 492 g/mol. The van der Waals surface area contributed by atoms with Crippen molar-refractivity contribution < 1.29 is 22.7 Å². The van der Waals surface area contributed by atoms with Crippen LogP contribution in [0.3, 0.4) is 0 Å². The Labute approximate surface area is 186 Å². The summed E-state index contributed by atoms with van der Waals surface area (Å²) in [6, 6.07) is 13.2. The molecule has 3 aromatic rings. The molecule has 0 bridgehead atoms. The predicted molar refractivity (Wildman–Crippen MR) is 120 cm³/mol. The van der Waals surface area contributed by atoms with Gasteiger partial charge < -0.3 is 10.1 Å². The number of sulfonamides is 1. The number of methoxy groups -OCH3 is 1. The Bertz CT molecular complexity index is 1190. The molecule has 0 spiro atoms. The topological polar surface area (TPSA) is 92.8 Å². The normalized spacial score (nSPS) is 11.6. The van der Waals surface area contributed by atoms with Crippen LogP contribution in [0.25, 0.3) is 10.1 Å². The lowest BCUT2D eigenvalue weighted by molar-refractivity contribution is -0.116. The van der Waals surface area contributed by atoms with Crippen LogP contribution in [0, 0.1) is 0 Å². The number of amides is 1. The number of carbonyl (C=O) groups is 2. The SMILES string of the molecule is CCN(CC(=O)Nc1ccc2sc(C(=O)OC)cc2c1)S(=O)(=O)c1ccc(Br)cc1. The third kappa shape index (κ3) is 4.89. The fourth-order valence-electron chi connectivity index (χ4n) is 2.81. The molecule has 0 aliphatic heterocycles. The number of likely N-dealkylation sites (N-methyl/N-ethyl adjacent to an activating group) is 1. The highest BCUT2D eigenvalue weighted by molar-refractivity contribution is 9.10. The van der Waals surface area contributed by atoms with Crippen LogP contribution in [0.15, 0.2) is 57.9 Å². The lowest BCUT2D eigenvalue weighted by atomic mass is 10.2. The van der Waals surface area contributed by atoms with Gasteiger partial charge in [0.15, 0.2) is 0 Å². The van der Waals surface area contributed by atoms with Gasteiger partial charge in [-0.3, -0.25) is 4.79 Å². The summed E-state index contributed by atoms with van der Waals surface area (Å²) in [5.41, 5.74) is 0.513. The molecule has 1 aromatic heterocycles. The number of rotatable bonds is 7. The van der Waals surface area contributed by atoms with Crippen LogP contribution in [0.1, 0.15) is 16.6 Å². The van der Waals surface area contributed by atoms with Gasteiger partial charge in [-0.1, -0.05) is 22.9 Å². The van der Waals surface area contributed by atoms with Crippen LogP contribution in [0.5, 0.6) is 0 Å². The first kappa shape index (κ1) is 22.4. The van der Waals surface area contributed by atoms with Crippen molar-refractivity contribution in [1.82, 2.24) is 4.31 Å². The van der Waals surface area contributed by atoms with Crippen molar-refractivity contribution in [1.29, 1.82) is 0 Å². The molecule has 3 rings (SSSR count). The zero-order chi connectivity index (χ0) is 21.9. The minimum absolute atomic E-state index is 0.121. The third-order valence-corrected chi connectivity index (χ3v) is 7.87. The number of ether oxygens (including phenoxy) is 1. The summed E-state index contributed by atoms with van der Waals surface area (Å²) in [4.78, 5) is 24.8. The Balaban J connectivity index is 1.74. The molecular formula is C20H19BrN2O5S2. The van der Waals surface area contributed by atoms with Crippen LogP contribution in [-0.2, 0) is 19.6 Å². The smallest absolute Gasteiger partial charge is 0.348 e. The monoisotopic (exact) mass is 510 g/mol. The van der Waals surface area contributed by atoms with Gasteiger partial charge in [-0.2, -0.15) is 4.31 Å². The maximum atomic E-state index is 12.8. The highest BCUT2D eigenvalue weighted by atomic mass is 79.9. The van der Waals surface area contributed by atoms with Gasteiger partial charge >= 0.3 is 5.97 Å². The molecule has 30 heavy (non-hydrogen) atoms. The zero-order valence-corrected chi connectivity index (χ0v) is 19.4. The molecule has 1 heterocycles. The van der Waals surface area contributed by atoms with Gasteiger partial charge in [0.05, 0.1) is 18.6 Å². The molecule has 7 nitrogen and oxygen atoms in total. The number of hydrogen-bond donors (Lipinski definition) is 1. The van der Waals surface area contributed by atoms with Crippen LogP contribution < -0.4 is 5.32 Å². The summed E-state index contributed by atoms with van der Waals surface area (Å²) in [5.74, 6) is -0.876. The molecule has 1 amide bonds. The van der Waals surface area contributed by atoms with Gasteiger partial charge in [-0.25, -0.2) is 13.2 Å². The van der Waals surface area contributed by atoms with Crippen LogP contribution in [-0.4, -0.2) is 44.8 Å². The molecule has 158 valence electrons. The van der Waals surface area contributed by atoms with Gasteiger partial charge in [0, 0.05) is 21.4 Å². The van der Waals surface area contributed by atoms with Crippen molar-refractivity contribution in [2.45, 2.75) is 11.8 Å². The van der Waals surface area contributed by atoms with Gasteiger partial charge in [-0.15, -0.1) is 11.3 Å². The molecule has 0 unspecified atom stereocenters. The van der Waals surface area contributed by atoms with E-state index >= 15 is 0 Å². The van der Waals surface area contributed by atoms with Crippen molar-refractivity contribution in [3.05, 3.63) is 57.9 Å². The van der Waals surface area contributed by atoms with Gasteiger partial charge in [0.25, 0.3) is 0 Å². The second-order valence-electron chi connectivity index (χ2n) is 6.29. The fraction of sp³-hybridized carbons (Fsp3) is 0.200. The summed E-state index contributed by atoms with van der Waals surface area (Å²) in [5, 5.41) is 3.51. The lowest BCUT2D eigenvalue weighted by Gasteiger charge is -2.20. The number of thiophene rings is 1. The minimum atomic E-state index is -3.80. The predicted octanol–water partition coefficient (Wildman–Crippen LogP) is 4.10. The molecule has 0 fully saturated rings. The largest absolute Gasteiger partial charge is 0.465 e. The van der Waals surface area contributed by atoms with E-state index in [2.05, 4.69) is 21.2 Å². The molecule has 2 aromatic carbocycles.